The molecule has 3 aliphatic rings. The lowest BCUT2D eigenvalue weighted by atomic mass is 9.93. The van der Waals surface area contributed by atoms with Crippen LogP contribution in [-0.2, 0) is 9.47 Å². The SMILES string of the molecule is COC1CCC(n2ncc3c(N4CC5CCC(C4)O5)nc(-c4cc[c]cc4)nc32)CC1. The summed E-state index contributed by atoms with van der Waals surface area (Å²) < 4.78 is 13.8. The van der Waals surface area contributed by atoms with Crippen LogP contribution in [0, 0.1) is 6.07 Å². The minimum absolute atomic E-state index is 0.304. The van der Waals surface area contributed by atoms with E-state index in [4.69, 9.17) is 24.5 Å². The molecule has 7 nitrogen and oxygen atoms in total. The van der Waals surface area contributed by atoms with Crippen LogP contribution in [0.15, 0.2) is 30.5 Å². The molecule has 31 heavy (non-hydrogen) atoms. The van der Waals surface area contributed by atoms with Gasteiger partial charge in [-0.05, 0) is 44.6 Å². The Morgan fingerprint density at radius 3 is 2.45 bits per heavy atom. The van der Waals surface area contributed by atoms with Gasteiger partial charge in [-0.1, -0.05) is 24.3 Å². The maximum Gasteiger partial charge on any atom is 0.164 e. The van der Waals surface area contributed by atoms with E-state index in [1.807, 2.05) is 37.6 Å². The molecule has 2 atom stereocenters. The average molecular weight is 419 g/mol. The number of methoxy groups -OCH3 is 1. The highest BCUT2D eigenvalue weighted by molar-refractivity contribution is 5.89. The Balaban J connectivity index is 1.44. The van der Waals surface area contributed by atoms with Crippen molar-refractivity contribution in [1.82, 2.24) is 19.7 Å². The topological polar surface area (TPSA) is 65.3 Å². The molecule has 2 unspecified atom stereocenters. The van der Waals surface area contributed by atoms with Crippen molar-refractivity contribution in [2.45, 2.75) is 62.9 Å². The van der Waals surface area contributed by atoms with Crippen LogP contribution < -0.4 is 4.90 Å². The lowest BCUT2D eigenvalue weighted by molar-refractivity contribution is 0.0303. The molecule has 0 spiro atoms. The smallest absolute Gasteiger partial charge is 0.164 e. The molecule has 2 aromatic heterocycles. The van der Waals surface area contributed by atoms with Gasteiger partial charge in [0, 0.05) is 25.8 Å². The highest BCUT2D eigenvalue weighted by Crippen LogP contribution is 2.36. The molecule has 2 saturated heterocycles. The molecule has 1 saturated carbocycles. The van der Waals surface area contributed by atoms with Gasteiger partial charge in [-0.25, -0.2) is 14.6 Å². The highest BCUT2D eigenvalue weighted by atomic mass is 16.5. The number of ether oxygens (including phenoxy) is 2. The largest absolute Gasteiger partial charge is 0.381 e. The van der Waals surface area contributed by atoms with Gasteiger partial charge in [0.1, 0.15) is 5.82 Å². The quantitative estimate of drug-likeness (QED) is 0.642. The van der Waals surface area contributed by atoms with Gasteiger partial charge in [-0.15, -0.1) is 0 Å². The third-order valence-electron chi connectivity index (χ3n) is 7.08. The standard InChI is InChI=1S/C24H28N5O2/c1-30-18-9-7-17(8-10-18)29-24-21(13-25-29)23(28-14-19-11-12-20(15-28)31-19)26-22(27-24)16-5-3-2-4-6-16/h3-6,13,17-20H,7-12,14-15H2,1H3. The molecule has 2 aliphatic heterocycles. The fourth-order valence-electron chi connectivity index (χ4n) is 5.40. The van der Waals surface area contributed by atoms with Crippen molar-refractivity contribution in [3.8, 4) is 11.4 Å². The summed E-state index contributed by atoms with van der Waals surface area (Å²) in [5.41, 5.74) is 1.95. The van der Waals surface area contributed by atoms with Crippen LogP contribution in [0.2, 0.25) is 0 Å². The van der Waals surface area contributed by atoms with Crippen LogP contribution in [0.1, 0.15) is 44.6 Å². The third-order valence-corrected chi connectivity index (χ3v) is 7.08. The van der Waals surface area contributed by atoms with Gasteiger partial charge >= 0.3 is 0 Å². The molecular formula is C24H28N5O2. The van der Waals surface area contributed by atoms with Crippen molar-refractivity contribution in [3.63, 3.8) is 0 Å². The number of hydrogen-bond acceptors (Lipinski definition) is 6. The zero-order chi connectivity index (χ0) is 20.8. The molecule has 3 aromatic rings. The van der Waals surface area contributed by atoms with Crippen molar-refractivity contribution in [2.24, 2.45) is 0 Å². The molecule has 2 bridgehead atoms. The van der Waals surface area contributed by atoms with Crippen LogP contribution in [0.4, 0.5) is 5.82 Å². The van der Waals surface area contributed by atoms with Crippen molar-refractivity contribution >= 4 is 16.9 Å². The molecule has 1 radical (unpaired) electrons. The summed E-state index contributed by atoms with van der Waals surface area (Å²) in [6, 6.07) is 11.3. The fourth-order valence-corrected chi connectivity index (χ4v) is 5.40. The average Bonchev–Trinajstić information content (AvgIpc) is 3.41. The lowest BCUT2D eigenvalue weighted by Gasteiger charge is -2.33. The van der Waals surface area contributed by atoms with E-state index in [1.54, 1.807) is 0 Å². The van der Waals surface area contributed by atoms with Gasteiger partial charge in [0.25, 0.3) is 0 Å². The first kappa shape index (κ1) is 19.2. The Hall–Kier alpha value is -2.51. The molecular weight excluding hydrogens is 390 g/mol. The van der Waals surface area contributed by atoms with Gasteiger partial charge < -0.3 is 14.4 Å². The predicted octanol–water partition coefficient (Wildman–Crippen LogP) is 3.79. The van der Waals surface area contributed by atoms with Crippen LogP contribution in [-0.4, -0.2) is 58.3 Å². The van der Waals surface area contributed by atoms with E-state index in [0.29, 0.717) is 24.4 Å². The summed E-state index contributed by atoms with van der Waals surface area (Å²) in [5.74, 6) is 1.74. The summed E-state index contributed by atoms with van der Waals surface area (Å²) in [7, 11) is 1.81. The van der Waals surface area contributed by atoms with E-state index in [2.05, 4.69) is 15.6 Å². The molecule has 7 heteroatoms. The Kier molecular flexibility index (Phi) is 4.88. The van der Waals surface area contributed by atoms with Crippen LogP contribution in [0.25, 0.3) is 22.4 Å². The summed E-state index contributed by atoms with van der Waals surface area (Å²) >= 11 is 0. The van der Waals surface area contributed by atoms with Gasteiger partial charge in [-0.3, -0.25) is 0 Å². The minimum atomic E-state index is 0.304. The first-order valence-corrected chi connectivity index (χ1v) is 11.4. The van der Waals surface area contributed by atoms with Gasteiger partial charge in [0.15, 0.2) is 11.5 Å². The Labute approximate surface area is 182 Å². The maximum atomic E-state index is 6.08. The van der Waals surface area contributed by atoms with Crippen LogP contribution in [0.3, 0.4) is 0 Å². The van der Waals surface area contributed by atoms with Crippen molar-refractivity contribution < 1.29 is 9.47 Å². The van der Waals surface area contributed by atoms with E-state index in [-0.39, 0.29) is 0 Å². The zero-order valence-electron chi connectivity index (χ0n) is 17.9. The number of rotatable bonds is 4. The third kappa shape index (κ3) is 3.49. The number of hydrogen-bond donors (Lipinski definition) is 0. The van der Waals surface area contributed by atoms with Crippen molar-refractivity contribution in [2.75, 3.05) is 25.1 Å². The second kappa shape index (κ2) is 7.88. The first-order chi connectivity index (χ1) is 15.3. The Morgan fingerprint density at radius 1 is 1.00 bits per heavy atom. The van der Waals surface area contributed by atoms with Gasteiger partial charge in [0.05, 0.1) is 35.9 Å². The second-order valence-electron chi connectivity index (χ2n) is 9.01. The number of nitrogens with zero attached hydrogens (tertiary/aromatic N) is 5. The predicted molar refractivity (Wildman–Crippen MR) is 118 cm³/mol. The normalized spacial score (nSPS) is 28.4. The molecule has 6 rings (SSSR count). The number of aromatic nitrogens is 4. The number of benzene rings is 1. The molecule has 3 fully saturated rings. The molecule has 1 aliphatic carbocycles. The summed E-state index contributed by atoms with van der Waals surface area (Å²) in [5, 5.41) is 5.87. The zero-order valence-corrected chi connectivity index (χ0v) is 17.9. The highest BCUT2D eigenvalue weighted by Gasteiger charge is 2.35. The molecule has 4 heterocycles. The molecule has 1 aromatic carbocycles. The van der Waals surface area contributed by atoms with E-state index < -0.39 is 0 Å². The van der Waals surface area contributed by atoms with Crippen LogP contribution in [0.5, 0.6) is 0 Å². The van der Waals surface area contributed by atoms with E-state index in [0.717, 1.165) is 79.9 Å². The molecule has 161 valence electrons. The minimum Gasteiger partial charge on any atom is -0.381 e. The summed E-state index contributed by atoms with van der Waals surface area (Å²) in [4.78, 5) is 12.5. The van der Waals surface area contributed by atoms with E-state index in [1.165, 1.54) is 0 Å². The van der Waals surface area contributed by atoms with Crippen LogP contribution >= 0.6 is 0 Å². The Morgan fingerprint density at radius 2 is 1.74 bits per heavy atom. The van der Waals surface area contributed by atoms with Gasteiger partial charge in [-0.2, -0.15) is 5.10 Å². The van der Waals surface area contributed by atoms with Crippen molar-refractivity contribution in [1.29, 1.82) is 0 Å². The van der Waals surface area contributed by atoms with E-state index >= 15 is 0 Å². The van der Waals surface area contributed by atoms with Gasteiger partial charge in [0.2, 0.25) is 0 Å². The maximum absolute atomic E-state index is 6.08. The molecule has 0 amide bonds. The summed E-state index contributed by atoms with van der Waals surface area (Å²) in [6.45, 7) is 1.77. The van der Waals surface area contributed by atoms with E-state index in [9.17, 15) is 0 Å². The second-order valence-corrected chi connectivity index (χ2v) is 9.01. The monoisotopic (exact) mass is 418 g/mol. The lowest BCUT2D eigenvalue weighted by Crippen LogP contribution is -2.43. The summed E-state index contributed by atoms with van der Waals surface area (Å²) in [6.07, 6.45) is 9.46. The number of morpholine rings is 1. The Bertz CT molecular complexity index is 1050. The fraction of sp³-hybridized carbons (Fsp3) is 0.542. The van der Waals surface area contributed by atoms with Crippen molar-refractivity contribution in [3.05, 3.63) is 36.5 Å². The first-order valence-electron chi connectivity index (χ1n) is 11.4. The number of anilines is 1. The number of fused-ring (bicyclic) bond motifs is 3. The molecule has 0 N–H and O–H groups in total.